The van der Waals surface area contributed by atoms with Crippen molar-refractivity contribution in [2.45, 2.75) is 44.1 Å². The highest BCUT2D eigenvalue weighted by molar-refractivity contribution is 5.87. The summed E-state index contributed by atoms with van der Waals surface area (Å²) < 4.78 is 19.2. The van der Waals surface area contributed by atoms with Gasteiger partial charge in [-0.25, -0.2) is 4.39 Å². The number of nitrogens with zero attached hydrogens (tertiary/aromatic N) is 1. The van der Waals surface area contributed by atoms with E-state index in [-0.39, 0.29) is 23.5 Å². The van der Waals surface area contributed by atoms with Crippen molar-refractivity contribution in [3.63, 3.8) is 0 Å². The molecule has 2 heterocycles. The lowest BCUT2D eigenvalue weighted by Crippen LogP contribution is -2.56. The van der Waals surface area contributed by atoms with Gasteiger partial charge in [-0.1, -0.05) is 12.1 Å². The maximum atomic E-state index is 13.3. The molecule has 0 aliphatic carbocycles. The average Bonchev–Trinajstić information content (AvgIpc) is 2.64. The Balaban J connectivity index is 1.80. The summed E-state index contributed by atoms with van der Waals surface area (Å²) in [6.07, 6.45) is 4.41. The second-order valence-corrected chi connectivity index (χ2v) is 7.10. The maximum absolute atomic E-state index is 13.3. The first-order valence-electron chi connectivity index (χ1n) is 8.97. The molecule has 136 valence electrons. The van der Waals surface area contributed by atoms with Gasteiger partial charge in [0, 0.05) is 26.1 Å². The minimum Gasteiger partial charge on any atom is -0.369 e. The molecule has 0 aromatic heterocycles. The molecule has 3 rings (SSSR count). The molecule has 2 N–H and O–H groups in total. The number of nitrogens with two attached hydrogens (primary N) is 1. The topological polar surface area (TPSA) is 72.6 Å². The molecule has 5 nitrogen and oxygen atoms in total. The van der Waals surface area contributed by atoms with E-state index in [9.17, 15) is 14.0 Å². The molecule has 2 saturated heterocycles. The Morgan fingerprint density at radius 1 is 1.24 bits per heavy atom. The van der Waals surface area contributed by atoms with Crippen LogP contribution in [0.3, 0.4) is 0 Å². The van der Waals surface area contributed by atoms with Crippen molar-refractivity contribution in [1.29, 1.82) is 0 Å². The third kappa shape index (κ3) is 4.00. The highest BCUT2D eigenvalue weighted by Crippen LogP contribution is 2.32. The Labute approximate surface area is 147 Å². The standard InChI is InChI=1S/C19H25FN2O3/c20-16-7-5-14(6-8-16)12-19(9-1-2-11-25-19)18(24)22-10-3-4-15(13-22)17(21)23/h5-8,15H,1-4,9-13H2,(H2,21,23)/t15-,19+/m0/s1. The lowest BCUT2D eigenvalue weighted by Gasteiger charge is -2.42. The highest BCUT2D eigenvalue weighted by Gasteiger charge is 2.44. The molecular weight excluding hydrogens is 323 g/mol. The quantitative estimate of drug-likeness (QED) is 0.905. The number of rotatable bonds is 4. The summed E-state index contributed by atoms with van der Waals surface area (Å²) in [5.74, 6) is -1.00. The third-order valence-electron chi connectivity index (χ3n) is 5.26. The lowest BCUT2D eigenvalue weighted by molar-refractivity contribution is -0.167. The minimum atomic E-state index is -0.921. The van der Waals surface area contributed by atoms with Crippen LogP contribution < -0.4 is 5.73 Å². The molecule has 6 heteroatoms. The molecule has 1 aromatic rings. The molecule has 2 amide bonds. The van der Waals surface area contributed by atoms with Crippen LogP contribution in [0.2, 0.25) is 0 Å². The van der Waals surface area contributed by atoms with E-state index in [4.69, 9.17) is 10.5 Å². The molecule has 0 radical (unpaired) electrons. The predicted octanol–water partition coefficient (Wildman–Crippen LogP) is 2.03. The van der Waals surface area contributed by atoms with Crippen LogP contribution in [0, 0.1) is 11.7 Å². The Hall–Kier alpha value is -1.95. The van der Waals surface area contributed by atoms with Gasteiger partial charge in [0.15, 0.2) is 5.60 Å². The number of carbonyl (C=O) groups excluding carboxylic acids is 2. The largest absolute Gasteiger partial charge is 0.369 e. The fraction of sp³-hybridized carbons (Fsp3) is 0.579. The van der Waals surface area contributed by atoms with Crippen LogP contribution in [0.4, 0.5) is 4.39 Å². The summed E-state index contributed by atoms with van der Waals surface area (Å²) in [6, 6.07) is 6.20. The van der Waals surface area contributed by atoms with E-state index in [1.807, 2.05) is 0 Å². The van der Waals surface area contributed by atoms with Crippen LogP contribution in [0.1, 0.15) is 37.7 Å². The number of likely N-dealkylation sites (tertiary alicyclic amines) is 1. The van der Waals surface area contributed by atoms with Gasteiger partial charge in [-0.05, 0) is 49.8 Å². The van der Waals surface area contributed by atoms with Crippen LogP contribution in [0.25, 0.3) is 0 Å². The Morgan fingerprint density at radius 3 is 2.64 bits per heavy atom. The van der Waals surface area contributed by atoms with Gasteiger partial charge in [0.25, 0.3) is 5.91 Å². The van der Waals surface area contributed by atoms with Gasteiger partial charge in [0.2, 0.25) is 5.91 Å². The van der Waals surface area contributed by atoms with Crippen molar-refractivity contribution in [2.75, 3.05) is 19.7 Å². The average molecular weight is 348 g/mol. The monoisotopic (exact) mass is 348 g/mol. The molecule has 25 heavy (non-hydrogen) atoms. The molecule has 2 atom stereocenters. The molecule has 1 aromatic carbocycles. The van der Waals surface area contributed by atoms with Crippen molar-refractivity contribution in [3.05, 3.63) is 35.6 Å². The second-order valence-electron chi connectivity index (χ2n) is 7.10. The predicted molar refractivity (Wildman–Crippen MR) is 91.1 cm³/mol. The number of ether oxygens (including phenoxy) is 1. The molecule has 2 fully saturated rings. The summed E-state index contributed by atoms with van der Waals surface area (Å²) >= 11 is 0. The highest BCUT2D eigenvalue weighted by atomic mass is 19.1. The molecule has 0 bridgehead atoms. The molecule has 0 spiro atoms. The second kappa shape index (κ2) is 7.52. The summed E-state index contributed by atoms with van der Waals surface area (Å²) in [5, 5.41) is 0. The fourth-order valence-electron chi connectivity index (χ4n) is 3.85. The van der Waals surface area contributed by atoms with Crippen molar-refractivity contribution in [1.82, 2.24) is 4.90 Å². The Kier molecular flexibility index (Phi) is 5.37. The SMILES string of the molecule is NC(=O)[C@H]1CCCN(C(=O)[C@]2(Cc3ccc(F)cc3)CCCCO2)C1. The summed E-state index contributed by atoms with van der Waals surface area (Å²) in [7, 11) is 0. The normalized spacial score (nSPS) is 27.1. The van der Waals surface area contributed by atoms with Gasteiger partial charge in [-0.3, -0.25) is 9.59 Å². The fourth-order valence-corrected chi connectivity index (χ4v) is 3.85. The van der Waals surface area contributed by atoms with Gasteiger partial charge >= 0.3 is 0 Å². The third-order valence-corrected chi connectivity index (χ3v) is 5.26. The van der Waals surface area contributed by atoms with E-state index in [0.717, 1.165) is 31.2 Å². The van der Waals surface area contributed by atoms with Crippen molar-refractivity contribution in [3.8, 4) is 0 Å². The number of benzene rings is 1. The molecular formula is C19H25FN2O3. The van der Waals surface area contributed by atoms with E-state index in [1.54, 1.807) is 17.0 Å². The zero-order valence-corrected chi connectivity index (χ0v) is 14.4. The van der Waals surface area contributed by atoms with Gasteiger partial charge < -0.3 is 15.4 Å². The number of piperidine rings is 1. The zero-order valence-electron chi connectivity index (χ0n) is 14.4. The Bertz CT molecular complexity index is 626. The Morgan fingerprint density at radius 2 is 2.00 bits per heavy atom. The van der Waals surface area contributed by atoms with Crippen molar-refractivity contribution < 1.29 is 18.7 Å². The first-order chi connectivity index (χ1) is 12.0. The number of halogens is 1. The molecule has 2 aliphatic heterocycles. The van der Waals surface area contributed by atoms with Crippen LogP contribution in [0.15, 0.2) is 24.3 Å². The van der Waals surface area contributed by atoms with E-state index in [2.05, 4.69) is 0 Å². The summed E-state index contributed by atoms with van der Waals surface area (Å²) in [4.78, 5) is 26.5. The van der Waals surface area contributed by atoms with Gasteiger partial charge in [-0.2, -0.15) is 0 Å². The molecule has 0 saturated carbocycles. The first kappa shape index (κ1) is 17.9. The number of hydrogen-bond donors (Lipinski definition) is 1. The molecule has 2 aliphatic rings. The number of carbonyl (C=O) groups is 2. The van der Waals surface area contributed by atoms with Crippen LogP contribution >= 0.6 is 0 Å². The van der Waals surface area contributed by atoms with Crippen molar-refractivity contribution in [2.24, 2.45) is 11.7 Å². The summed E-state index contributed by atoms with van der Waals surface area (Å²) in [5.41, 5.74) is 5.39. The summed E-state index contributed by atoms with van der Waals surface area (Å²) in [6.45, 7) is 1.53. The number of amides is 2. The smallest absolute Gasteiger partial charge is 0.255 e. The number of hydrogen-bond acceptors (Lipinski definition) is 3. The molecule has 0 unspecified atom stereocenters. The van der Waals surface area contributed by atoms with Gasteiger partial charge in [-0.15, -0.1) is 0 Å². The van der Waals surface area contributed by atoms with Gasteiger partial charge in [0.1, 0.15) is 5.82 Å². The van der Waals surface area contributed by atoms with Gasteiger partial charge in [0.05, 0.1) is 5.92 Å². The minimum absolute atomic E-state index is 0.0672. The number of primary amides is 1. The maximum Gasteiger partial charge on any atom is 0.255 e. The van der Waals surface area contributed by atoms with Crippen LogP contribution in [-0.4, -0.2) is 42.0 Å². The van der Waals surface area contributed by atoms with E-state index >= 15 is 0 Å². The lowest BCUT2D eigenvalue weighted by atomic mass is 9.84. The van der Waals surface area contributed by atoms with Crippen LogP contribution in [0.5, 0.6) is 0 Å². The van der Waals surface area contributed by atoms with Crippen molar-refractivity contribution >= 4 is 11.8 Å². The van der Waals surface area contributed by atoms with E-state index < -0.39 is 5.60 Å². The van der Waals surface area contributed by atoms with Crippen LogP contribution in [-0.2, 0) is 20.7 Å². The van der Waals surface area contributed by atoms with E-state index in [0.29, 0.717) is 32.5 Å². The first-order valence-corrected chi connectivity index (χ1v) is 8.97. The van der Waals surface area contributed by atoms with E-state index in [1.165, 1.54) is 12.1 Å². The zero-order chi connectivity index (χ0) is 17.9.